The smallest absolute Gasteiger partial charge is 0.0965 e. The van der Waals surface area contributed by atoms with Crippen LogP contribution in [0.25, 0.3) is 0 Å². The highest BCUT2D eigenvalue weighted by Gasteiger charge is 1.68. The molecule has 38 valence electrons. The van der Waals surface area contributed by atoms with Gasteiger partial charge in [0, 0.05) is 14.1 Å². The quantitative estimate of drug-likeness (QED) is 0.258. The van der Waals surface area contributed by atoms with Crippen LogP contribution in [0.4, 0.5) is 0 Å². The van der Waals surface area contributed by atoms with Crippen molar-refractivity contribution in [2.24, 2.45) is 5.10 Å². The Morgan fingerprint density at radius 3 is 2.43 bits per heavy atom. The first kappa shape index (κ1) is 6.03. The van der Waals surface area contributed by atoms with Crippen LogP contribution in [0, 0.1) is 12.3 Å². The number of terminal acetylenes is 1. The molecule has 0 radical (unpaired) electrons. The lowest BCUT2D eigenvalue weighted by Gasteiger charge is -1.98. The van der Waals surface area contributed by atoms with Gasteiger partial charge in [-0.25, -0.2) is 0 Å². The summed E-state index contributed by atoms with van der Waals surface area (Å²) < 4.78 is 0. The molecule has 7 heavy (non-hydrogen) atoms. The molecule has 0 spiro atoms. The van der Waals surface area contributed by atoms with Crippen LogP contribution in [0.1, 0.15) is 0 Å². The summed E-state index contributed by atoms with van der Waals surface area (Å²) in [7, 11) is 3.63. The molecular formula is C5H8N2. The first-order chi connectivity index (χ1) is 3.27. The number of rotatable bonds is 1. The zero-order valence-corrected chi connectivity index (χ0v) is 4.55. The highest BCUT2D eigenvalue weighted by atomic mass is 15.4. The lowest BCUT2D eigenvalue weighted by molar-refractivity contribution is 0.441. The third kappa shape index (κ3) is 5.03. The van der Waals surface area contributed by atoms with Gasteiger partial charge in [-0.3, -0.25) is 0 Å². The van der Waals surface area contributed by atoms with Crippen LogP contribution in [0.2, 0.25) is 0 Å². The van der Waals surface area contributed by atoms with E-state index in [0.29, 0.717) is 0 Å². The monoisotopic (exact) mass is 96.1 g/mol. The van der Waals surface area contributed by atoms with Gasteiger partial charge in [-0.1, -0.05) is 5.92 Å². The van der Waals surface area contributed by atoms with Crippen LogP contribution >= 0.6 is 0 Å². The summed E-state index contributed by atoms with van der Waals surface area (Å²) in [6, 6.07) is 0. The van der Waals surface area contributed by atoms with Crippen molar-refractivity contribution in [1.29, 1.82) is 0 Å². The number of nitrogens with zero attached hydrogens (tertiary/aromatic N) is 2. The fraction of sp³-hybridized carbons (Fsp3) is 0.400. The molecule has 0 rings (SSSR count). The van der Waals surface area contributed by atoms with Crippen LogP contribution in [0.15, 0.2) is 5.10 Å². The number of hydrazone groups is 1. The van der Waals surface area contributed by atoms with Gasteiger partial charge in [-0.05, 0) is 0 Å². The Hall–Kier alpha value is -0.970. The molecule has 0 aromatic heterocycles. The maximum absolute atomic E-state index is 4.85. The molecule has 0 fully saturated rings. The molecule has 0 aliphatic carbocycles. The van der Waals surface area contributed by atoms with Crippen LogP contribution in [0.5, 0.6) is 0 Å². The summed E-state index contributed by atoms with van der Waals surface area (Å²) in [4.78, 5) is 0. The van der Waals surface area contributed by atoms with Gasteiger partial charge in [-0.2, -0.15) is 5.10 Å². The van der Waals surface area contributed by atoms with Crippen molar-refractivity contribution in [1.82, 2.24) is 5.01 Å². The van der Waals surface area contributed by atoms with Crippen molar-refractivity contribution in [2.45, 2.75) is 0 Å². The summed E-state index contributed by atoms with van der Waals surface area (Å²) >= 11 is 0. The lowest BCUT2D eigenvalue weighted by Crippen LogP contribution is -2.00. The SMILES string of the molecule is C#CC=NN(C)C. The van der Waals surface area contributed by atoms with Crippen LogP contribution in [-0.4, -0.2) is 25.3 Å². The van der Waals surface area contributed by atoms with Crippen LogP contribution < -0.4 is 0 Å². The van der Waals surface area contributed by atoms with Gasteiger partial charge in [0.05, 0.1) is 6.21 Å². The minimum Gasteiger partial charge on any atom is -0.303 e. The molecule has 0 aromatic rings. The molecule has 0 aliphatic rings. The summed E-state index contributed by atoms with van der Waals surface area (Å²) in [5.41, 5.74) is 0. The highest BCUT2D eigenvalue weighted by molar-refractivity contribution is 5.76. The Bertz CT molecular complexity index is 97.1. The molecule has 0 heterocycles. The van der Waals surface area contributed by atoms with E-state index in [1.165, 1.54) is 6.21 Å². The standard InChI is InChI=1S/C5H8N2/c1-4-5-6-7(2)3/h1,5H,2-3H3. The Labute approximate surface area is 43.8 Å². The molecule has 0 aromatic carbocycles. The maximum atomic E-state index is 4.85. The predicted octanol–water partition coefficient (Wildman–Crippen LogP) is 0.167. The van der Waals surface area contributed by atoms with Crippen molar-refractivity contribution in [3.8, 4) is 12.3 Å². The first-order valence-corrected chi connectivity index (χ1v) is 1.93. The maximum Gasteiger partial charge on any atom is 0.0965 e. The van der Waals surface area contributed by atoms with Crippen LogP contribution in [-0.2, 0) is 0 Å². The van der Waals surface area contributed by atoms with Gasteiger partial charge < -0.3 is 5.01 Å². The van der Waals surface area contributed by atoms with E-state index in [2.05, 4.69) is 11.0 Å². The topological polar surface area (TPSA) is 15.6 Å². The Kier molecular flexibility index (Phi) is 2.78. The Morgan fingerprint density at radius 1 is 1.71 bits per heavy atom. The molecule has 2 nitrogen and oxygen atoms in total. The van der Waals surface area contributed by atoms with Gasteiger partial charge in [0.1, 0.15) is 0 Å². The molecule has 0 saturated carbocycles. The third-order valence-electron chi connectivity index (χ3n) is 0.363. The minimum absolute atomic E-state index is 1.40. The van der Waals surface area contributed by atoms with Gasteiger partial charge in [0.25, 0.3) is 0 Å². The second-order valence-corrected chi connectivity index (χ2v) is 1.26. The average Bonchev–Trinajstić information content (AvgIpc) is 1.61. The first-order valence-electron chi connectivity index (χ1n) is 1.93. The number of hydrogen-bond acceptors (Lipinski definition) is 2. The van der Waals surface area contributed by atoms with E-state index in [1.807, 2.05) is 14.1 Å². The van der Waals surface area contributed by atoms with E-state index in [0.717, 1.165) is 0 Å². The second-order valence-electron chi connectivity index (χ2n) is 1.26. The van der Waals surface area contributed by atoms with Gasteiger partial charge in [0.15, 0.2) is 0 Å². The Balaban J connectivity index is 3.31. The summed E-state index contributed by atoms with van der Waals surface area (Å²) in [6.45, 7) is 0. The zero-order chi connectivity index (χ0) is 5.70. The van der Waals surface area contributed by atoms with Crippen molar-refractivity contribution in [3.63, 3.8) is 0 Å². The molecule has 0 saturated heterocycles. The van der Waals surface area contributed by atoms with E-state index >= 15 is 0 Å². The normalized spacial score (nSPS) is 8.71. The molecule has 0 N–H and O–H groups in total. The highest BCUT2D eigenvalue weighted by Crippen LogP contribution is 1.67. The van der Waals surface area contributed by atoms with Crippen molar-refractivity contribution < 1.29 is 0 Å². The zero-order valence-electron chi connectivity index (χ0n) is 4.55. The summed E-state index contributed by atoms with van der Waals surface area (Å²) in [5.74, 6) is 2.27. The van der Waals surface area contributed by atoms with Crippen molar-refractivity contribution in [3.05, 3.63) is 0 Å². The van der Waals surface area contributed by atoms with Gasteiger partial charge in [-0.15, -0.1) is 6.42 Å². The molecule has 0 aliphatic heterocycles. The molecule has 0 bridgehead atoms. The number of hydrogen-bond donors (Lipinski definition) is 0. The van der Waals surface area contributed by atoms with E-state index in [9.17, 15) is 0 Å². The summed E-state index contributed by atoms with van der Waals surface area (Å²) in [5, 5.41) is 5.35. The van der Waals surface area contributed by atoms with E-state index < -0.39 is 0 Å². The molecular weight excluding hydrogens is 88.1 g/mol. The van der Waals surface area contributed by atoms with Crippen LogP contribution in [0.3, 0.4) is 0 Å². The van der Waals surface area contributed by atoms with Crippen molar-refractivity contribution >= 4 is 6.21 Å². The van der Waals surface area contributed by atoms with Gasteiger partial charge in [0.2, 0.25) is 0 Å². The fourth-order valence-electron chi connectivity index (χ4n) is 0.149. The Morgan fingerprint density at radius 2 is 2.29 bits per heavy atom. The molecule has 0 unspecified atom stereocenters. The molecule has 2 heteroatoms. The summed E-state index contributed by atoms with van der Waals surface area (Å²) in [6.07, 6.45) is 6.25. The average molecular weight is 96.1 g/mol. The third-order valence-corrected chi connectivity index (χ3v) is 0.363. The predicted molar refractivity (Wildman–Crippen MR) is 31.0 cm³/mol. The van der Waals surface area contributed by atoms with Crippen molar-refractivity contribution in [2.75, 3.05) is 14.1 Å². The molecule has 0 amide bonds. The van der Waals surface area contributed by atoms with E-state index in [1.54, 1.807) is 5.01 Å². The van der Waals surface area contributed by atoms with E-state index in [4.69, 9.17) is 6.42 Å². The largest absolute Gasteiger partial charge is 0.303 e. The minimum atomic E-state index is 1.40. The van der Waals surface area contributed by atoms with E-state index in [-0.39, 0.29) is 0 Å². The second kappa shape index (κ2) is 3.23. The fourth-order valence-corrected chi connectivity index (χ4v) is 0.149. The molecule has 0 atom stereocenters. The van der Waals surface area contributed by atoms with Gasteiger partial charge >= 0.3 is 0 Å². The lowest BCUT2D eigenvalue weighted by atomic mass is 10.8.